The molecule has 3 aromatic rings. The first-order valence-corrected chi connectivity index (χ1v) is 10.7. The van der Waals surface area contributed by atoms with Crippen LogP contribution in [0.4, 0.5) is 13.2 Å². The van der Waals surface area contributed by atoms with E-state index in [1.165, 1.54) is 18.3 Å². The number of aromatic nitrogens is 3. The normalized spacial score (nSPS) is 18.1. The molecule has 12 heteroatoms. The van der Waals surface area contributed by atoms with Gasteiger partial charge < -0.3 is 23.5 Å². The number of hydrogen-bond donors (Lipinski definition) is 1. The van der Waals surface area contributed by atoms with E-state index in [-0.39, 0.29) is 27.9 Å². The first kappa shape index (κ1) is 21.4. The lowest BCUT2D eigenvalue weighted by Crippen LogP contribution is -2.43. The molecule has 3 heterocycles. The van der Waals surface area contributed by atoms with Crippen LogP contribution < -0.4 is 18.9 Å². The monoisotopic (exact) mass is 457 g/mol. The van der Waals surface area contributed by atoms with Crippen LogP contribution in [0.25, 0.3) is 11.0 Å². The Hall–Kier alpha value is -2.86. The molecule has 0 amide bonds. The van der Waals surface area contributed by atoms with E-state index < -0.39 is 23.6 Å². The predicted molar refractivity (Wildman–Crippen MR) is 104 cm³/mol. The molecular formula is C19H18F3N3O5S. The van der Waals surface area contributed by atoms with Crippen LogP contribution >= 0.6 is 0 Å². The minimum Gasteiger partial charge on any atom is -0.609 e. The highest BCUT2D eigenvalue weighted by atomic mass is 32.2. The Balaban J connectivity index is 1.57. The molecule has 1 aliphatic heterocycles. The van der Waals surface area contributed by atoms with Gasteiger partial charge in [0.2, 0.25) is 0 Å². The number of imidazole rings is 1. The average Bonchev–Trinajstić information content (AvgIpc) is 3.12. The predicted octanol–water partition coefficient (Wildman–Crippen LogP) is 3.72. The van der Waals surface area contributed by atoms with Crippen molar-refractivity contribution in [3.05, 3.63) is 30.1 Å². The highest BCUT2D eigenvalue weighted by molar-refractivity contribution is 7.90. The second kappa shape index (κ2) is 8.35. The van der Waals surface area contributed by atoms with Gasteiger partial charge in [0, 0.05) is 29.4 Å². The number of halogens is 3. The van der Waals surface area contributed by atoms with Crippen molar-refractivity contribution in [1.82, 2.24) is 15.0 Å². The molecule has 2 unspecified atom stereocenters. The molecule has 0 radical (unpaired) electrons. The molecule has 2 aromatic heterocycles. The molecule has 0 aliphatic carbocycles. The van der Waals surface area contributed by atoms with Crippen LogP contribution in [0.5, 0.6) is 23.0 Å². The van der Waals surface area contributed by atoms with Gasteiger partial charge >= 0.3 is 17.6 Å². The number of benzene rings is 1. The standard InChI is InChI=1S/C19H18F3N3O5S/c1-3-27-13-5-10(23-8-16(13)28-4-2)9-31(26)18-24-11-6-14-15(7-12(11)25-18)30-19(21,22)17(20)29-14/h5-8,17H,3-4,9H2,1-2H3,(H,24,25). The van der Waals surface area contributed by atoms with Crippen molar-refractivity contribution >= 4 is 22.2 Å². The van der Waals surface area contributed by atoms with Gasteiger partial charge in [-0.25, -0.2) is 0 Å². The summed E-state index contributed by atoms with van der Waals surface area (Å²) in [6.45, 7) is 4.53. The molecule has 0 bridgehead atoms. The van der Waals surface area contributed by atoms with E-state index in [1.807, 2.05) is 13.8 Å². The molecule has 0 fully saturated rings. The summed E-state index contributed by atoms with van der Waals surface area (Å²) >= 11 is -1.64. The van der Waals surface area contributed by atoms with E-state index in [4.69, 9.17) is 9.47 Å². The van der Waals surface area contributed by atoms with Gasteiger partial charge in [-0.15, -0.1) is 0 Å². The molecular weight excluding hydrogens is 439 g/mol. The Bertz CT molecular complexity index is 1100. The second-order valence-corrected chi connectivity index (χ2v) is 7.80. The number of nitrogens with one attached hydrogen (secondary N) is 1. The first-order valence-electron chi connectivity index (χ1n) is 9.35. The van der Waals surface area contributed by atoms with Crippen LogP contribution in [-0.4, -0.2) is 45.2 Å². The number of nitrogens with zero attached hydrogens (tertiary/aromatic N) is 2. The Labute approximate surface area is 177 Å². The zero-order chi connectivity index (χ0) is 22.2. The first-order chi connectivity index (χ1) is 14.8. The molecule has 1 aliphatic rings. The summed E-state index contributed by atoms with van der Waals surface area (Å²) in [4.78, 5) is 11.3. The zero-order valence-electron chi connectivity index (χ0n) is 16.5. The molecule has 166 valence electrons. The van der Waals surface area contributed by atoms with E-state index in [9.17, 15) is 17.7 Å². The SMILES string of the molecule is CCOc1cnc(C[S+]([O-])c2nc3cc4c(cc3[nH]2)OC(F)C(F)(F)O4)cc1OCC. The van der Waals surface area contributed by atoms with Gasteiger partial charge in [-0.1, -0.05) is 0 Å². The van der Waals surface area contributed by atoms with Crippen LogP contribution in [0.3, 0.4) is 0 Å². The maximum atomic E-state index is 13.4. The Morgan fingerprint density at radius 2 is 1.90 bits per heavy atom. The summed E-state index contributed by atoms with van der Waals surface area (Å²) in [5, 5.41) is 0.0922. The Morgan fingerprint density at radius 1 is 1.16 bits per heavy atom. The second-order valence-electron chi connectivity index (χ2n) is 6.43. The fraction of sp³-hybridized carbons (Fsp3) is 0.368. The number of H-pyrrole nitrogens is 1. The van der Waals surface area contributed by atoms with E-state index in [0.29, 0.717) is 35.9 Å². The van der Waals surface area contributed by atoms with Crippen molar-refractivity contribution in [3.63, 3.8) is 0 Å². The molecule has 1 aromatic carbocycles. The lowest BCUT2D eigenvalue weighted by Gasteiger charge is -2.28. The molecule has 0 spiro atoms. The Morgan fingerprint density at radius 3 is 2.65 bits per heavy atom. The number of ether oxygens (including phenoxy) is 4. The number of fused-ring (bicyclic) bond motifs is 2. The van der Waals surface area contributed by atoms with E-state index in [2.05, 4.69) is 24.4 Å². The van der Waals surface area contributed by atoms with E-state index in [1.54, 1.807) is 6.07 Å². The van der Waals surface area contributed by atoms with Crippen LogP contribution in [0.1, 0.15) is 19.5 Å². The van der Waals surface area contributed by atoms with Gasteiger partial charge in [-0.3, -0.25) is 9.97 Å². The van der Waals surface area contributed by atoms with Crippen molar-refractivity contribution in [1.29, 1.82) is 0 Å². The van der Waals surface area contributed by atoms with Crippen LogP contribution in [0.15, 0.2) is 29.6 Å². The number of rotatable bonds is 7. The Kier molecular flexibility index (Phi) is 5.75. The van der Waals surface area contributed by atoms with E-state index in [0.717, 1.165) is 0 Å². The summed E-state index contributed by atoms with van der Waals surface area (Å²) in [5.74, 6) is 0.422. The zero-order valence-corrected chi connectivity index (χ0v) is 17.3. The smallest absolute Gasteiger partial charge is 0.468 e. The number of alkyl halides is 3. The third kappa shape index (κ3) is 4.30. The molecule has 1 N–H and O–H groups in total. The molecule has 2 atom stereocenters. The number of pyridine rings is 1. The van der Waals surface area contributed by atoms with Crippen molar-refractivity contribution in [2.45, 2.75) is 37.2 Å². The fourth-order valence-corrected chi connectivity index (χ4v) is 3.91. The quantitative estimate of drug-likeness (QED) is 0.540. The third-order valence-electron chi connectivity index (χ3n) is 4.25. The number of aromatic amines is 1. The van der Waals surface area contributed by atoms with Gasteiger partial charge in [-0.05, 0) is 13.8 Å². The van der Waals surface area contributed by atoms with Crippen LogP contribution in [0, 0.1) is 0 Å². The van der Waals surface area contributed by atoms with Crippen molar-refractivity contribution in [2.24, 2.45) is 0 Å². The number of hydrogen-bond acceptors (Lipinski definition) is 7. The van der Waals surface area contributed by atoms with Gasteiger partial charge in [0.25, 0.3) is 0 Å². The summed E-state index contributed by atoms with van der Waals surface area (Å²) in [6.07, 6.45) is -5.55. The van der Waals surface area contributed by atoms with Crippen LogP contribution in [0.2, 0.25) is 0 Å². The minimum atomic E-state index is -4.11. The van der Waals surface area contributed by atoms with Gasteiger partial charge in [0.05, 0.1) is 36.1 Å². The highest BCUT2D eigenvalue weighted by Crippen LogP contribution is 2.42. The van der Waals surface area contributed by atoms with Crippen molar-refractivity contribution in [3.8, 4) is 23.0 Å². The third-order valence-corrected chi connectivity index (χ3v) is 5.43. The highest BCUT2D eigenvalue weighted by Gasteiger charge is 2.49. The summed E-state index contributed by atoms with van der Waals surface area (Å²) < 4.78 is 72.9. The maximum Gasteiger partial charge on any atom is 0.468 e. The molecule has 0 saturated carbocycles. The van der Waals surface area contributed by atoms with Crippen molar-refractivity contribution < 1.29 is 36.7 Å². The van der Waals surface area contributed by atoms with Gasteiger partial charge in [0.15, 0.2) is 28.8 Å². The molecule has 31 heavy (non-hydrogen) atoms. The molecule has 0 saturated heterocycles. The van der Waals surface area contributed by atoms with Gasteiger partial charge in [-0.2, -0.15) is 18.2 Å². The van der Waals surface area contributed by atoms with Crippen molar-refractivity contribution in [2.75, 3.05) is 13.2 Å². The maximum absolute atomic E-state index is 13.4. The molecule has 8 nitrogen and oxygen atoms in total. The minimum absolute atomic E-state index is 0.0175. The van der Waals surface area contributed by atoms with E-state index >= 15 is 0 Å². The molecule has 4 rings (SSSR count). The lowest BCUT2D eigenvalue weighted by molar-refractivity contribution is -0.281. The fourth-order valence-electron chi connectivity index (χ4n) is 2.93. The van der Waals surface area contributed by atoms with Gasteiger partial charge in [0.1, 0.15) is 0 Å². The average molecular weight is 457 g/mol. The largest absolute Gasteiger partial charge is 0.609 e. The summed E-state index contributed by atoms with van der Waals surface area (Å²) in [7, 11) is 0. The van der Waals surface area contributed by atoms with Crippen LogP contribution in [-0.2, 0) is 16.9 Å². The summed E-state index contributed by atoms with van der Waals surface area (Å²) in [5.41, 5.74) is 1.03. The summed E-state index contributed by atoms with van der Waals surface area (Å²) in [6, 6.07) is 4.07. The lowest BCUT2D eigenvalue weighted by atomic mass is 10.2. The topological polar surface area (TPSA) is 102 Å².